The van der Waals surface area contributed by atoms with Crippen molar-refractivity contribution in [2.75, 3.05) is 18.4 Å². The Morgan fingerprint density at radius 1 is 1.13 bits per heavy atom. The molecule has 128 valence electrons. The molecule has 0 spiro atoms. The Balaban J connectivity index is 1.59. The van der Waals surface area contributed by atoms with Gasteiger partial charge in [0.1, 0.15) is 0 Å². The Bertz CT molecular complexity index is 489. The lowest BCUT2D eigenvalue weighted by Gasteiger charge is -2.30. The molecular weight excluding hydrogens is 311 g/mol. The van der Waals surface area contributed by atoms with E-state index in [9.17, 15) is 18.0 Å². The fourth-order valence-corrected chi connectivity index (χ4v) is 2.54. The number of nitrogens with zero attached hydrogens (tertiary/aromatic N) is 2. The van der Waals surface area contributed by atoms with Crippen LogP contribution in [-0.2, 0) is 0 Å². The first-order valence-corrected chi connectivity index (χ1v) is 7.57. The number of hydrogen-bond acceptors (Lipinski definition) is 4. The number of aromatic nitrogens is 2. The van der Waals surface area contributed by atoms with Gasteiger partial charge in [-0.25, -0.2) is 14.8 Å². The first kappa shape index (κ1) is 17.3. The molecule has 1 aliphatic rings. The van der Waals surface area contributed by atoms with Crippen LogP contribution >= 0.6 is 0 Å². The van der Waals surface area contributed by atoms with Crippen LogP contribution < -0.4 is 16.0 Å². The third-order valence-corrected chi connectivity index (χ3v) is 3.78. The minimum atomic E-state index is -4.13. The quantitative estimate of drug-likeness (QED) is 0.724. The van der Waals surface area contributed by atoms with Gasteiger partial charge in [-0.2, -0.15) is 13.2 Å². The summed E-state index contributed by atoms with van der Waals surface area (Å²) in [5.74, 6) is -0.765. The number of alkyl halides is 3. The largest absolute Gasteiger partial charge is 0.391 e. The molecule has 1 aromatic rings. The minimum Gasteiger partial charge on any atom is -0.352 e. The van der Waals surface area contributed by atoms with Crippen LogP contribution in [0.25, 0.3) is 0 Å². The average Bonchev–Trinajstić information content (AvgIpc) is 2.52. The molecule has 1 aliphatic carbocycles. The van der Waals surface area contributed by atoms with E-state index in [2.05, 4.69) is 25.9 Å². The van der Waals surface area contributed by atoms with Gasteiger partial charge in [-0.15, -0.1) is 0 Å². The van der Waals surface area contributed by atoms with Crippen molar-refractivity contribution in [2.24, 2.45) is 5.92 Å². The third kappa shape index (κ3) is 5.91. The molecule has 1 heterocycles. The lowest BCUT2D eigenvalue weighted by atomic mass is 9.86. The van der Waals surface area contributed by atoms with Crippen molar-refractivity contribution in [3.63, 3.8) is 0 Å². The highest BCUT2D eigenvalue weighted by molar-refractivity contribution is 5.74. The molecule has 1 aromatic heterocycles. The van der Waals surface area contributed by atoms with Crippen molar-refractivity contribution < 1.29 is 18.0 Å². The van der Waals surface area contributed by atoms with Crippen molar-refractivity contribution in [2.45, 2.75) is 37.9 Å². The van der Waals surface area contributed by atoms with Crippen molar-refractivity contribution in [3.8, 4) is 0 Å². The van der Waals surface area contributed by atoms with Crippen LogP contribution in [0, 0.1) is 5.92 Å². The van der Waals surface area contributed by atoms with Gasteiger partial charge < -0.3 is 16.0 Å². The molecule has 9 heteroatoms. The van der Waals surface area contributed by atoms with Crippen molar-refractivity contribution in [3.05, 3.63) is 18.5 Å². The molecule has 0 aromatic carbocycles. The van der Waals surface area contributed by atoms with Crippen molar-refractivity contribution in [1.82, 2.24) is 20.6 Å². The summed E-state index contributed by atoms with van der Waals surface area (Å²) < 4.78 is 37.7. The van der Waals surface area contributed by atoms with E-state index in [4.69, 9.17) is 0 Å². The number of anilines is 1. The van der Waals surface area contributed by atoms with Crippen molar-refractivity contribution >= 4 is 12.0 Å². The summed E-state index contributed by atoms with van der Waals surface area (Å²) in [6, 6.07) is 1.14. The van der Waals surface area contributed by atoms with Gasteiger partial charge >= 0.3 is 12.2 Å². The van der Waals surface area contributed by atoms with E-state index in [1.165, 1.54) is 0 Å². The number of urea groups is 1. The highest BCUT2D eigenvalue weighted by Gasteiger charge is 2.41. The standard InChI is InChI=1S/C14H20F3N5O/c15-14(16,17)10-2-4-11(5-3-10)22-13(23)21-9-8-20-12-18-6-1-7-19-12/h1,6-7,10-11H,2-5,8-9H2,(H,18,19,20)(H2,21,22,23). The van der Waals surface area contributed by atoms with Crippen LogP contribution in [0.4, 0.5) is 23.9 Å². The van der Waals surface area contributed by atoms with E-state index < -0.39 is 12.1 Å². The maximum Gasteiger partial charge on any atom is 0.391 e. The summed E-state index contributed by atoms with van der Waals surface area (Å²) in [6.45, 7) is 0.820. The van der Waals surface area contributed by atoms with Gasteiger partial charge in [0.05, 0.1) is 5.92 Å². The molecule has 0 unspecified atom stereocenters. The number of carbonyl (C=O) groups is 1. The molecular formula is C14H20F3N5O. The number of hydrogen-bond donors (Lipinski definition) is 3. The maximum absolute atomic E-state index is 12.6. The summed E-state index contributed by atoms with van der Waals surface area (Å²) in [5.41, 5.74) is 0. The SMILES string of the molecule is O=C(NCCNc1ncccn1)NC1CCC(C(F)(F)F)CC1. The molecule has 0 radical (unpaired) electrons. The van der Waals surface area contributed by atoms with E-state index in [0.717, 1.165) is 0 Å². The van der Waals surface area contributed by atoms with Crippen LogP contribution in [0.5, 0.6) is 0 Å². The van der Waals surface area contributed by atoms with E-state index >= 15 is 0 Å². The first-order valence-electron chi connectivity index (χ1n) is 7.57. The Kier molecular flexibility index (Phi) is 6.00. The van der Waals surface area contributed by atoms with Crippen LogP contribution in [-0.4, -0.2) is 41.3 Å². The summed E-state index contributed by atoms with van der Waals surface area (Å²) in [4.78, 5) is 19.6. The smallest absolute Gasteiger partial charge is 0.352 e. The second-order valence-corrected chi connectivity index (χ2v) is 5.49. The summed E-state index contributed by atoms with van der Waals surface area (Å²) in [6.07, 6.45) is -0.0674. The summed E-state index contributed by atoms with van der Waals surface area (Å²) in [5, 5.41) is 8.30. The minimum absolute atomic E-state index is 0.0708. The molecule has 0 atom stereocenters. The Morgan fingerprint density at radius 2 is 1.78 bits per heavy atom. The van der Waals surface area contributed by atoms with Gasteiger partial charge in [-0.05, 0) is 31.7 Å². The number of amides is 2. The Hall–Kier alpha value is -2.06. The maximum atomic E-state index is 12.6. The molecule has 2 rings (SSSR count). The second kappa shape index (κ2) is 7.98. The van der Waals surface area contributed by atoms with E-state index in [1.54, 1.807) is 18.5 Å². The third-order valence-electron chi connectivity index (χ3n) is 3.78. The average molecular weight is 331 g/mol. The van der Waals surface area contributed by atoms with Crippen LogP contribution in [0.15, 0.2) is 18.5 Å². The Labute approximate surface area is 132 Å². The predicted octanol–water partition coefficient (Wildman–Crippen LogP) is 2.31. The lowest BCUT2D eigenvalue weighted by molar-refractivity contribution is -0.182. The topological polar surface area (TPSA) is 78.9 Å². The number of carbonyl (C=O) groups excluding carboxylic acids is 1. The molecule has 2 amide bonds. The second-order valence-electron chi connectivity index (χ2n) is 5.49. The van der Waals surface area contributed by atoms with Crippen LogP contribution in [0.2, 0.25) is 0 Å². The molecule has 23 heavy (non-hydrogen) atoms. The monoisotopic (exact) mass is 331 g/mol. The zero-order valence-corrected chi connectivity index (χ0v) is 12.6. The molecule has 0 saturated heterocycles. The van der Waals surface area contributed by atoms with Gasteiger partial charge in [0.25, 0.3) is 0 Å². The Morgan fingerprint density at radius 3 is 2.39 bits per heavy atom. The lowest BCUT2D eigenvalue weighted by Crippen LogP contribution is -2.45. The zero-order chi connectivity index (χ0) is 16.7. The fraction of sp³-hybridized carbons (Fsp3) is 0.643. The van der Waals surface area contributed by atoms with E-state index in [-0.39, 0.29) is 24.9 Å². The number of nitrogens with one attached hydrogen (secondary N) is 3. The van der Waals surface area contributed by atoms with Gasteiger partial charge in [-0.3, -0.25) is 0 Å². The van der Waals surface area contributed by atoms with Crippen LogP contribution in [0.1, 0.15) is 25.7 Å². The van der Waals surface area contributed by atoms with Gasteiger partial charge in [0.15, 0.2) is 0 Å². The van der Waals surface area contributed by atoms with Crippen LogP contribution in [0.3, 0.4) is 0 Å². The van der Waals surface area contributed by atoms with Gasteiger partial charge in [0, 0.05) is 31.5 Å². The molecule has 0 aliphatic heterocycles. The predicted molar refractivity (Wildman–Crippen MR) is 78.9 cm³/mol. The molecule has 3 N–H and O–H groups in total. The fourth-order valence-electron chi connectivity index (χ4n) is 2.54. The van der Waals surface area contributed by atoms with Gasteiger partial charge in [-0.1, -0.05) is 0 Å². The molecule has 1 saturated carbocycles. The van der Waals surface area contributed by atoms with Gasteiger partial charge in [0.2, 0.25) is 5.95 Å². The zero-order valence-electron chi connectivity index (χ0n) is 12.6. The molecule has 1 fully saturated rings. The van der Waals surface area contributed by atoms with E-state index in [0.29, 0.717) is 31.9 Å². The summed E-state index contributed by atoms with van der Waals surface area (Å²) in [7, 11) is 0. The number of halogens is 3. The summed E-state index contributed by atoms with van der Waals surface area (Å²) >= 11 is 0. The van der Waals surface area contributed by atoms with E-state index in [1.807, 2.05) is 0 Å². The highest BCUT2D eigenvalue weighted by Crippen LogP contribution is 2.37. The number of rotatable bonds is 5. The highest BCUT2D eigenvalue weighted by atomic mass is 19.4. The molecule has 6 nitrogen and oxygen atoms in total. The normalized spacial score (nSPS) is 21.5. The first-order chi connectivity index (χ1) is 10.9. The van der Waals surface area contributed by atoms with Crippen molar-refractivity contribution in [1.29, 1.82) is 0 Å². The molecule has 0 bridgehead atoms.